The van der Waals surface area contributed by atoms with E-state index in [2.05, 4.69) is 5.32 Å². The van der Waals surface area contributed by atoms with E-state index in [0.29, 0.717) is 37.3 Å². The molecule has 0 atom stereocenters. The number of fused-ring (bicyclic) bond motifs is 1. The van der Waals surface area contributed by atoms with Crippen LogP contribution < -0.4 is 9.62 Å². The standard InChI is InChI=1S/C22H27N3O5S2/c1-31(27,28)25-14-11-18-15-19(7-10-21(18)25)22(26)23-16-17-5-8-20(9-6-17)32(29,30)24-12-3-2-4-13-24/h5-10,15H,2-4,11-14,16H2,1H3,(H,23,26). The Morgan fingerprint density at radius 1 is 0.938 bits per heavy atom. The van der Waals surface area contributed by atoms with Crippen molar-refractivity contribution in [2.75, 3.05) is 30.2 Å². The highest BCUT2D eigenvalue weighted by molar-refractivity contribution is 7.92. The first-order chi connectivity index (χ1) is 15.2. The highest BCUT2D eigenvalue weighted by Crippen LogP contribution is 2.30. The molecule has 0 spiro atoms. The number of amides is 1. The molecule has 0 aromatic heterocycles. The first-order valence-electron chi connectivity index (χ1n) is 10.6. The molecule has 2 heterocycles. The van der Waals surface area contributed by atoms with Gasteiger partial charge in [-0.1, -0.05) is 18.6 Å². The van der Waals surface area contributed by atoms with Crippen LogP contribution in [0.5, 0.6) is 0 Å². The highest BCUT2D eigenvalue weighted by Gasteiger charge is 2.27. The summed E-state index contributed by atoms with van der Waals surface area (Å²) in [6, 6.07) is 11.6. The minimum atomic E-state index is -3.47. The van der Waals surface area contributed by atoms with Crippen molar-refractivity contribution in [2.45, 2.75) is 37.1 Å². The highest BCUT2D eigenvalue weighted by atomic mass is 32.2. The van der Waals surface area contributed by atoms with Crippen molar-refractivity contribution in [1.82, 2.24) is 9.62 Å². The Morgan fingerprint density at radius 2 is 1.62 bits per heavy atom. The van der Waals surface area contributed by atoms with E-state index in [1.54, 1.807) is 42.5 Å². The van der Waals surface area contributed by atoms with Gasteiger partial charge in [0.2, 0.25) is 20.0 Å². The van der Waals surface area contributed by atoms with Crippen LogP contribution in [0, 0.1) is 0 Å². The normalized spacial score (nSPS) is 17.2. The quantitative estimate of drug-likeness (QED) is 0.686. The number of hydrogen-bond acceptors (Lipinski definition) is 5. The van der Waals surface area contributed by atoms with Crippen LogP contribution in [0.1, 0.15) is 40.7 Å². The monoisotopic (exact) mass is 477 g/mol. The summed E-state index contributed by atoms with van der Waals surface area (Å²) < 4.78 is 52.1. The largest absolute Gasteiger partial charge is 0.348 e. The molecule has 0 unspecified atom stereocenters. The Kier molecular flexibility index (Phi) is 6.28. The van der Waals surface area contributed by atoms with Gasteiger partial charge in [-0.15, -0.1) is 0 Å². The third-order valence-electron chi connectivity index (χ3n) is 5.92. The van der Waals surface area contributed by atoms with Gasteiger partial charge in [-0.25, -0.2) is 16.8 Å². The maximum atomic E-state index is 12.7. The van der Waals surface area contributed by atoms with Crippen LogP contribution in [0.25, 0.3) is 0 Å². The predicted molar refractivity (Wildman–Crippen MR) is 123 cm³/mol. The van der Waals surface area contributed by atoms with Gasteiger partial charge in [0.05, 0.1) is 16.8 Å². The summed E-state index contributed by atoms with van der Waals surface area (Å²) in [7, 11) is -6.80. The van der Waals surface area contributed by atoms with Gasteiger partial charge in [-0.2, -0.15) is 4.31 Å². The van der Waals surface area contributed by atoms with E-state index in [1.807, 2.05) is 0 Å². The molecule has 0 radical (unpaired) electrons. The van der Waals surface area contributed by atoms with Crippen molar-refractivity contribution in [1.29, 1.82) is 0 Å². The molecule has 0 aliphatic carbocycles. The Morgan fingerprint density at radius 3 is 2.28 bits per heavy atom. The van der Waals surface area contributed by atoms with Crippen LogP contribution in [0.15, 0.2) is 47.4 Å². The van der Waals surface area contributed by atoms with Gasteiger partial charge in [0, 0.05) is 31.7 Å². The second-order valence-corrected chi connectivity index (χ2v) is 12.1. The molecule has 2 aliphatic heterocycles. The molecule has 2 aliphatic rings. The van der Waals surface area contributed by atoms with Crippen molar-refractivity contribution in [2.24, 2.45) is 0 Å². The molecule has 10 heteroatoms. The third kappa shape index (κ3) is 4.67. The molecule has 1 amide bonds. The molecule has 0 saturated carbocycles. The van der Waals surface area contributed by atoms with Crippen molar-refractivity contribution in [3.8, 4) is 0 Å². The second kappa shape index (κ2) is 8.84. The molecule has 32 heavy (non-hydrogen) atoms. The number of nitrogens with one attached hydrogen (secondary N) is 1. The summed E-state index contributed by atoms with van der Waals surface area (Å²) in [5, 5.41) is 2.84. The van der Waals surface area contributed by atoms with Gasteiger partial charge >= 0.3 is 0 Å². The predicted octanol–water partition coefficient (Wildman–Crippen LogP) is 2.11. The topological polar surface area (TPSA) is 104 Å². The van der Waals surface area contributed by atoms with Gasteiger partial charge in [-0.05, 0) is 60.7 Å². The zero-order valence-electron chi connectivity index (χ0n) is 18.0. The zero-order chi connectivity index (χ0) is 22.9. The molecule has 2 aromatic rings. The third-order valence-corrected chi connectivity index (χ3v) is 9.02. The zero-order valence-corrected chi connectivity index (χ0v) is 19.6. The maximum absolute atomic E-state index is 12.7. The molecule has 1 N–H and O–H groups in total. The van der Waals surface area contributed by atoms with Gasteiger partial charge in [-0.3, -0.25) is 9.10 Å². The van der Waals surface area contributed by atoms with Crippen LogP contribution >= 0.6 is 0 Å². The van der Waals surface area contributed by atoms with Gasteiger partial charge in [0.25, 0.3) is 5.91 Å². The minimum Gasteiger partial charge on any atom is -0.348 e. The number of carbonyl (C=O) groups excluding carboxylic acids is 1. The van der Waals surface area contributed by atoms with Gasteiger partial charge in [0.15, 0.2) is 0 Å². The van der Waals surface area contributed by atoms with Crippen LogP contribution in [0.4, 0.5) is 5.69 Å². The molecule has 1 saturated heterocycles. The number of sulfonamides is 2. The number of anilines is 1. The minimum absolute atomic E-state index is 0.259. The summed E-state index contributed by atoms with van der Waals surface area (Å²) in [5.41, 5.74) is 2.70. The van der Waals surface area contributed by atoms with Crippen LogP contribution in [0.3, 0.4) is 0 Å². The van der Waals surface area contributed by atoms with E-state index >= 15 is 0 Å². The number of nitrogens with zero attached hydrogens (tertiary/aromatic N) is 2. The van der Waals surface area contributed by atoms with Crippen molar-refractivity contribution in [3.63, 3.8) is 0 Å². The number of piperidine rings is 1. The number of rotatable bonds is 6. The summed E-state index contributed by atoms with van der Waals surface area (Å²) in [5.74, 6) is -0.268. The first-order valence-corrected chi connectivity index (χ1v) is 13.9. The molecule has 2 aromatic carbocycles. The smallest absolute Gasteiger partial charge is 0.251 e. The Bertz CT molecular complexity index is 1220. The summed E-state index contributed by atoms with van der Waals surface area (Å²) in [6.45, 7) is 1.76. The lowest BCUT2D eigenvalue weighted by atomic mass is 10.1. The fourth-order valence-corrected chi connectivity index (χ4v) is 6.65. The molecule has 172 valence electrons. The van der Waals surface area contributed by atoms with E-state index in [-0.39, 0.29) is 17.3 Å². The number of benzene rings is 2. The Hall–Kier alpha value is -2.43. The molecular weight excluding hydrogens is 450 g/mol. The first kappa shape index (κ1) is 22.8. The van der Waals surface area contributed by atoms with E-state index in [9.17, 15) is 21.6 Å². The lowest BCUT2D eigenvalue weighted by Crippen LogP contribution is -2.35. The summed E-state index contributed by atoms with van der Waals surface area (Å²) in [4.78, 5) is 12.9. The van der Waals surface area contributed by atoms with E-state index in [1.165, 1.54) is 14.9 Å². The molecule has 4 rings (SSSR count). The van der Waals surface area contributed by atoms with E-state index in [0.717, 1.165) is 30.4 Å². The Balaban J connectivity index is 1.39. The molecule has 0 bridgehead atoms. The van der Waals surface area contributed by atoms with Crippen molar-refractivity contribution < 1.29 is 21.6 Å². The second-order valence-electron chi connectivity index (χ2n) is 8.22. The Labute approximate surface area is 189 Å². The van der Waals surface area contributed by atoms with Gasteiger partial charge in [0.1, 0.15) is 0 Å². The maximum Gasteiger partial charge on any atom is 0.251 e. The summed E-state index contributed by atoms with van der Waals surface area (Å²) in [6.07, 6.45) is 4.57. The van der Waals surface area contributed by atoms with Crippen molar-refractivity contribution >= 4 is 31.6 Å². The van der Waals surface area contributed by atoms with Crippen LogP contribution in [0.2, 0.25) is 0 Å². The van der Waals surface area contributed by atoms with E-state index < -0.39 is 20.0 Å². The molecule has 8 nitrogen and oxygen atoms in total. The fraction of sp³-hybridized carbons (Fsp3) is 0.409. The average Bonchev–Trinajstić information content (AvgIpc) is 3.22. The lowest BCUT2D eigenvalue weighted by Gasteiger charge is -2.25. The SMILES string of the molecule is CS(=O)(=O)N1CCc2cc(C(=O)NCc3ccc(S(=O)(=O)N4CCCCC4)cc3)ccc21. The molecular formula is C22H27N3O5S2. The number of hydrogen-bond donors (Lipinski definition) is 1. The molecule has 1 fully saturated rings. The van der Waals surface area contributed by atoms with Crippen LogP contribution in [-0.2, 0) is 33.0 Å². The average molecular weight is 478 g/mol. The van der Waals surface area contributed by atoms with Crippen molar-refractivity contribution in [3.05, 3.63) is 59.2 Å². The summed E-state index contributed by atoms with van der Waals surface area (Å²) >= 11 is 0. The van der Waals surface area contributed by atoms with Crippen LogP contribution in [-0.4, -0.2) is 52.9 Å². The fourth-order valence-electron chi connectivity index (χ4n) is 4.18. The van der Waals surface area contributed by atoms with E-state index in [4.69, 9.17) is 0 Å². The lowest BCUT2D eigenvalue weighted by molar-refractivity contribution is 0.0951. The number of carbonyl (C=O) groups is 1. The van der Waals surface area contributed by atoms with Gasteiger partial charge < -0.3 is 5.32 Å².